The smallest absolute Gasteiger partial charge is 0.296 e. The summed E-state index contributed by atoms with van der Waals surface area (Å²) in [6, 6.07) is 15.1. The zero-order valence-corrected chi connectivity index (χ0v) is 10.1. The molecule has 0 aliphatic heterocycles. The Bertz CT molecular complexity index is 581. The molecule has 0 saturated carbocycles. The summed E-state index contributed by atoms with van der Waals surface area (Å²) >= 11 is 5.89. The maximum Gasteiger partial charge on any atom is 0.296 e. The Morgan fingerprint density at radius 3 is 2.17 bits per heavy atom. The van der Waals surface area contributed by atoms with Crippen LogP contribution in [-0.4, -0.2) is 11.7 Å². The van der Waals surface area contributed by atoms with Gasteiger partial charge in [0.1, 0.15) is 0 Å². The molecule has 1 amide bonds. The van der Waals surface area contributed by atoms with E-state index >= 15 is 0 Å². The van der Waals surface area contributed by atoms with E-state index in [1.165, 1.54) is 0 Å². The van der Waals surface area contributed by atoms with Crippen molar-refractivity contribution in [3.8, 4) is 0 Å². The van der Waals surface area contributed by atoms with Crippen molar-refractivity contribution < 1.29 is 9.59 Å². The molecule has 18 heavy (non-hydrogen) atoms. The van der Waals surface area contributed by atoms with Crippen LogP contribution in [0.25, 0.3) is 0 Å². The lowest BCUT2D eigenvalue weighted by Crippen LogP contribution is -2.22. The van der Waals surface area contributed by atoms with Gasteiger partial charge in [-0.05, 0) is 12.1 Å². The number of hydrogen-bond donors (Lipinski definition) is 1. The number of Topliss-reactive ketones (excluding diaryl/α,β-unsaturated/α-hetero) is 1. The number of rotatable bonds is 3. The SMILES string of the molecule is O=C(Nc1ccccc1Cl)C(=O)c1ccccc1. The molecule has 1 N–H and O–H groups in total. The minimum atomic E-state index is -0.700. The van der Waals surface area contributed by atoms with Crippen LogP contribution in [0.15, 0.2) is 54.6 Å². The molecule has 4 heteroatoms. The van der Waals surface area contributed by atoms with Crippen LogP contribution in [0, 0.1) is 0 Å². The normalized spacial score (nSPS) is 9.83. The first-order valence-corrected chi connectivity index (χ1v) is 5.71. The van der Waals surface area contributed by atoms with Gasteiger partial charge in [-0.1, -0.05) is 54.1 Å². The van der Waals surface area contributed by atoms with E-state index in [-0.39, 0.29) is 0 Å². The third-order valence-electron chi connectivity index (χ3n) is 2.36. The Labute approximate surface area is 109 Å². The Kier molecular flexibility index (Phi) is 3.75. The van der Waals surface area contributed by atoms with E-state index in [1.807, 2.05) is 0 Å². The highest BCUT2D eigenvalue weighted by molar-refractivity contribution is 6.47. The number of carbonyl (C=O) groups excluding carboxylic acids is 2. The van der Waals surface area contributed by atoms with Crippen LogP contribution in [0.4, 0.5) is 5.69 Å². The average Bonchev–Trinajstić information content (AvgIpc) is 2.41. The fraction of sp³-hybridized carbons (Fsp3) is 0. The van der Waals surface area contributed by atoms with Crippen LogP contribution in [0.1, 0.15) is 10.4 Å². The van der Waals surface area contributed by atoms with Crippen molar-refractivity contribution in [1.82, 2.24) is 0 Å². The van der Waals surface area contributed by atoms with Crippen LogP contribution in [0.2, 0.25) is 5.02 Å². The average molecular weight is 260 g/mol. The molecular formula is C14H10ClNO2. The van der Waals surface area contributed by atoms with Crippen LogP contribution in [0.5, 0.6) is 0 Å². The Morgan fingerprint density at radius 2 is 1.50 bits per heavy atom. The van der Waals surface area contributed by atoms with Crippen molar-refractivity contribution in [3.63, 3.8) is 0 Å². The molecule has 0 fully saturated rings. The Hall–Kier alpha value is -2.13. The highest BCUT2D eigenvalue weighted by Crippen LogP contribution is 2.20. The molecule has 0 aliphatic rings. The molecule has 2 aromatic rings. The second kappa shape index (κ2) is 5.47. The number of halogens is 1. The van der Waals surface area contributed by atoms with Crippen LogP contribution in [-0.2, 0) is 4.79 Å². The van der Waals surface area contributed by atoms with Gasteiger partial charge in [-0.2, -0.15) is 0 Å². The highest BCUT2D eigenvalue weighted by Gasteiger charge is 2.16. The van der Waals surface area contributed by atoms with Crippen molar-refractivity contribution in [1.29, 1.82) is 0 Å². The topological polar surface area (TPSA) is 46.2 Å². The summed E-state index contributed by atoms with van der Waals surface area (Å²) in [4.78, 5) is 23.6. The van der Waals surface area contributed by atoms with Gasteiger partial charge in [0.2, 0.25) is 0 Å². The second-order valence-corrected chi connectivity index (χ2v) is 4.04. The van der Waals surface area contributed by atoms with Crippen LogP contribution < -0.4 is 5.32 Å². The maximum absolute atomic E-state index is 11.8. The largest absolute Gasteiger partial charge is 0.318 e. The predicted molar refractivity (Wildman–Crippen MR) is 70.9 cm³/mol. The summed E-state index contributed by atoms with van der Waals surface area (Å²) in [6.45, 7) is 0. The van der Waals surface area contributed by atoms with Crippen molar-refractivity contribution >= 4 is 29.0 Å². The molecule has 0 atom stereocenters. The van der Waals surface area contributed by atoms with Gasteiger partial charge in [0.05, 0.1) is 10.7 Å². The molecule has 0 spiro atoms. The van der Waals surface area contributed by atoms with Crippen LogP contribution >= 0.6 is 11.6 Å². The van der Waals surface area contributed by atoms with Gasteiger partial charge >= 0.3 is 0 Å². The fourth-order valence-corrected chi connectivity index (χ4v) is 1.65. The van der Waals surface area contributed by atoms with Gasteiger partial charge in [-0.3, -0.25) is 9.59 Å². The summed E-state index contributed by atoms with van der Waals surface area (Å²) < 4.78 is 0. The zero-order chi connectivity index (χ0) is 13.0. The molecule has 0 aromatic heterocycles. The molecule has 2 rings (SSSR count). The minimum Gasteiger partial charge on any atom is -0.318 e. The number of benzene rings is 2. The minimum absolute atomic E-state index is 0.349. The van der Waals surface area contributed by atoms with E-state index in [0.29, 0.717) is 16.3 Å². The lowest BCUT2D eigenvalue weighted by molar-refractivity contribution is -0.112. The summed E-state index contributed by atoms with van der Waals surface area (Å²) in [5.74, 6) is -1.29. The van der Waals surface area contributed by atoms with Crippen molar-refractivity contribution in [2.45, 2.75) is 0 Å². The number of ketones is 1. The fourth-order valence-electron chi connectivity index (χ4n) is 1.46. The molecular weight excluding hydrogens is 250 g/mol. The van der Waals surface area contributed by atoms with Gasteiger partial charge in [-0.25, -0.2) is 0 Å². The Balaban J connectivity index is 2.14. The molecule has 0 saturated heterocycles. The van der Waals surface area contributed by atoms with Crippen molar-refractivity contribution in [2.24, 2.45) is 0 Å². The Morgan fingerprint density at radius 1 is 0.889 bits per heavy atom. The number of para-hydroxylation sites is 1. The summed E-state index contributed by atoms with van der Waals surface area (Å²) in [5, 5.41) is 2.88. The van der Waals surface area contributed by atoms with E-state index in [9.17, 15) is 9.59 Å². The molecule has 0 heterocycles. The van der Waals surface area contributed by atoms with Gasteiger partial charge in [0.15, 0.2) is 0 Å². The molecule has 0 bridgehead atoms. The standard InChI is InChI=1S/C14H10ClNO2/c15-11-8-4-5-9-12(11)16-14(18)13(17)10-6-2-1-3-7-10/h1-9H,(H,16,18). The maximum atomic E-state index is 11.8. The quantitative estimate of drug-likeness (QED) is 0.680. The predicted octanol–water partition coefficient (Wildman–Crippen LogP) is 3.16. The lowest BCUT2D eigenvalue weighted by Gasteiger charge is -2.05. The number of nitrogens with one attached hydrogen (secondary N) is 1. The summed E-state index contributed by atoms with van der Waals surface area (Å²) in [7, 11) is 0. The molecule has 0 aliphatic carbocycles. The van der Waals surface area contributed by atoms with E-state index in [1.54, 1.807) is 54.6 Å². The molecule has 0 unspecified atom stereocenters. The van der Waals surface area contributed by atoms with Crippen LogP contribution in [0.3, 0.4) is 0 Å². The molecule has 2 aromatic carbocycles. The number of hydrogen-bond acceptors (Lipinski definition) is 2. The summed E-state index contributed by atoms with van der Waals surface area (Å²) in [5.41, 5.74) is 0.774. The lowest BCUT2D eigenvalue weighted by atomic mass is 10.1. The van der Waals surface area contributed by atoms with Crippen molar-refractivity contribution in [2.75, 3.05) is 5.32 Å². The van der Waals surface area contributed by atoms with E-state index in [0.717, 1.165) is 0 Å². The zero-order valence-electron chi connectivity index (χ0n) is 9.39. The van der Waals surface area contributed by atoms with Gasteiger partial charge in [-0.15, -0.1) is 0 Å². The van der Waals surface area contributed by atoms with Crippen molar-refractivity contribution in [3.05, 3.63) is 65.2 Å². The van der Waals surface area contributed by atoms with Gasteiger partial charge in [0.25, 0.3) is 11.7 Å². The molecule has 3 nitrogen and oxygen atoms in total. The summed E-state index contributed by atoms with van der Waals surface area (Å²) in [6.07, 6.45) is 0. The third-order valence-corrected chi connectivity index (χ3v) is 2.69. The number of amides is 1. The highest BCUT2D eigenvalue weighted by atomic mass is 35.5. The van der Waals surface area contributed by atoms with E-state index in [4.69, 9.17) is 11.6 Å². The monoisotopic (exact) mass is 259 g/mol. The third kappa shape index (κ3) is 2.76. The molecule has 0 radical (unpaired) electrons. The molecule has 90 valence electrons. The first-order chi connectivity index (χ1) is 8.68. The first-order valence-electron chi connectivity index (χ1n) is 5.34. The van der Waals surface area contributed by atoms with E-state index < -0.39 is 11.7 Å². The van der Waals surface area contributed by atoms with Gasteiger partial charge in [0, 0.05) is 5.56 Å². The number of anilines is 1. The number of carbonyl (C=O) groups is 2. The second-order valence-electron chi connectivity index (χ2n) is 3.63. The van der Waals surface area contributed by atoms with E-state index in [2.05, 4.69) is 5.32 Å². The first kappa shape index (κ1) is 12.3. The van der Waals surface area contributed by atoms with Gasteiger partial charge < -0.3 is 5.32 Å².